The molecule has 1 rings (SSSR count). The van der Waals surface area contributed by atoms with Crippen molar-refractivity contribution in [2.24, 2.45) is 0 Å². The molecular weight excluding hydrogens is 266 g/mol. The van der Waals surface area contributed by atoms with E-state index in [0.29, 0.717) is 12.8 Å². The van der Waals surface area contributed by atoms with Gasteiger partial charge in [-0.25, -0.2) is 0 Å². The smallest absolute Gasteiger partial charge is 0.225 e. The molecule has 0 saturated heterocycles. The summed E-state index contributed by atoms with van der Waals surface area (Å²) in [6.07, 6.45) is 5.93. The molecule has 0 heterocycles. The van der Waals surface area contributed by atoms with Crippen LogP contribution in [0.4, 0.5) is 5.69 Å². The summed E-state index contributed by atoms with van der Waals surface area (Å²) < 4.78 is 0.902. The number of carbonyl (C=O) groups is 1. The number of rotatable bonds is 3. The summed E-state index contributed by atoms with van der Waals surface area (Å²) in [5, 5.41) is 2.86. The summed E-state index contributed by atoms with van der Waals surface area (Å²) in [6.45, 7) is 3.98. The van der Waals surface area contributed by atoms with E-state index in [2.05, 4.69) is 27.2 Å². The van der Waals surface area contributed by atoms with Gasteiger partial charge in [0.15, 0.2) is 0 Å². The summed E-state index contributed by atoms with van der Waals surface area (Å²) in [6, 6.07) is 4.01. The number of aryl methyl sites for hydroxylation is 2. The van der Waals surface area contributed by atoms with Crippen molar-refractivity contribution < 1.29 is 4.79 Å². The molecule has 2 nitrogen and oxygen atoms in total. The summed E-state index contributed by atoms with van der Waals surface area (Å²) in [7, 11) is 0. The van der Waals surface area contributed by atoms with Crippen molar-refractivity contribution in [2.75, 3.05) is 5.32 Å². The number of hydrogen-bond donors (Lipinski definition) is 1. The topological polar surface area (TPSA) is 29.1 Å². The fourth-order valence-electron chi connectivity index (χ4n) is 1.46. The molecular formula is C13H14BrNO. The molecule has 0 aliphatic carbocycles. The normalized spacial score (nSPS) is 9.62. The van der Waals surface area contributed by atoms with Gasteiger partial charge >= 0.3 is 0 Å². The van der Waals surface area contributed by atoms with Gasteiger partial charge in [0.05, 0.1) is 5.69 Å². The average molecular weight is 280 g/mol. The Kier molecular flexibility index (Phi) is 4.57. The molecule has 16 heavy (non-hydrogen) atoms. The molecule has 1 aromatic rings. The second-order valence-corrected chi connectivity index (χ2v) is 4.55. The lowest BCUT2D eigenvalue weighted by Crippen LogP contribution is -2.12. The van der Waals surface area contributed by atoms with Crippen LogP contribution in [0.2, 0.25) is 0 Å². The van der Waals surface area contributed by atoms with Crippen LogP contribution in [-0.4, -0.2) is 5.91 Å². The van der Waals surface area contributed by atoms with Crippen LogP contribution >= 0.6 is 15.9 Å². The first kappa shape index (κ1) is 12.8. The van der Waals surface area contributed by atoms with Gasteiger partial charge in [0.25, 0.3) is 0 Å². The van der Waals surface area contributed by atoms with E-state index >= 15 is 0 Å². The maximum absolute atomic E-state index is 11.5. The zero-order chi connectivity index (χ0) is 12.1. The summed E-state index contributed by atoms with van der Waals surface area (Å²) in [5.41, 5.74) is 3.03. The summed E-state index contributed by atoms with van der Waals surface area (Å²) in [5.74, 6) is 2.40. The van der Waals surface area contributed by atoms with Crippen molar-refractivity contribution >= 4 is 27.5 Å². The highest BCUT2D eigenvalue weighted by Crippen LogP contribution is 2.27. The van der Waals surface area contributed by atoms with Gasteiger partial charge in [-0.15, -0.1) is 12.3 Å². The lowest BCUT2D eigenvalue weighted by molar-refractivity contribution is -0.116. The Morgan fingerprint density at radius 3 is 2.75 bits per heavy atom. The molecule has 0 atom stereocenters. The van der Waals surface area contributed by atoms with Crippen molar-refractivity contribution in [3.63, 3.8) is 0 Å². The summed E-state index contributed by atoms with van der Waals surface area (Å²) >= 11 is 3.44. The van der Waals surface area contributed by atoms with Crippen molar-refractivity contribution in [1.29, 1.82) is 0 Å². The van der Waals surface area contributed by atoms with Crippen LogP contribution < -0.4 is 5.32 Å². The van der Waals surface area contributed by atoms with Crippen molar-refractivity contribution in [3.05, 3.63) is 27.7 Å². The molecule has 0 spiro atoms. The maximum Gasteiger partial charge on any atom is 0.225 e. The predicted molar refractivity (Wildman–Crippen MR) is 70.3 cm³/mol. The van der Waals surface area contributed by atoms with E-state index in [9.17, 15) is 4.79 Å². The minimum Gasteiger partial charge on any atom is -0.325 e. The highest BCUT2D eigenvalue weighted by atomic mass is 79.9. The SMILES string of the molecule is C#CCCC(=O)Nc1c(C)cc(C)cc1Br. The number of anilines is 1. The van der Waals surface area contributed by atoms with Crippen molar-refractivity contribution in [1.82, 2.24) is 0 Å². The Hall–Kier alpha value is -1.27. The molecule has 0 unspecified atom stereocenters. The third-order valence-corrected chi connectivity index (χ3v) is 2.82. The number of carbonyl (C=O) groups excluding carboxylic acids is 1. The van der Waals surface area contributed by atoms with Crippen LogP contribution in [0.15, 0.2) is 16.6 Å². The van der Waals surface area contributed by atoms with E-state index in [1.54, 1.807) is 0 Å². The van der Waals surface area contributed by atoms with Gasteiger partial charge in [-0.2, -0.15) is 0 Å². The van der Waals surface area contributed by atoms with Gasteiger partial charge in [-0.3, -0.25) is 4.79 Å². The third-order valence-electron chi connectivity index (χ3n) is 2.19. The monoisotopic (exact) mass is 279 g/mol. The molecule has 0 aliphatic heterocycles. The van der Waals surface area contributed by atoms with Gasteiger partial charge in [0.2, 0.25) is 5.91 Å². The van der Waals surface area contributed by atoms with Crippen molar-refractivity contribution in [2.45, 2.75) is 26.7 Å². The number of amides is 1. The van der Waals surface area contributed by atoms with E-state index in [0.717, 1.165) is 21.3 Å². The standard InChI is InChI=1S/C13H14BrNO/c1-4-5-6-12(16)15-13-10(3)7-9(2)8-11(13)14/h1,7-8H,5-6H2,2-3H3,(H,15,16). The minimum atomic E-state index is -0.0504. The number of nitrogens with one attached hydrogen (secondary N) is 1. The van der Waals surface area contributed by atoms with Gasteiger partial charge < -0.3 is 5.32 Å². The first-order valence-corrected chi connectivity index (χ1v) is 5.84. The molecule has 0 fully saturated rings. The largest absolute Gasteiger partial charge is 0.325 e. The highest BCUT2D eigenvalue weighted by molar-refractivity contribution is 9.10. The summed E-state index contributed by atoms with van der Waals surface area (Å²) in [4.78, 5) is 11.5. The zero-order valence-corrected chi connectivity index (χ0v) is 11.0. The first-order valence-electron chi connectivity index (χ1n) is 5.04. The second kappa shape index (κ2) is 5.72. The number of halogens is 1. The molecule has 0 aromatic heterocycles. The van der Waals surface area contributed by atoms with E-state index in [4.69, 9.17) is 6.42 Å². The molecule has 0 bridgehead atoms. The van der Waals surface area contributed by atoms with E-state index < -0.39 is 0 Å². The lowest BCUT2D eigenvalue weighted by atomic mass is 10.1. The third kappa shape index (κ3) is 3.39. The van der Waals surface area contributed by atoms with Crippen LogP contribution in [-0.2, 0) is 4.79 Å². The Balaban J connectivity index is 2.82. The van der Waals surface area contributed by atoms with Crippen LogP contribution in [0.5, 0.6) is 0 Å². The highest BCUT2D eigenvalue weighted by Gasteiger charge is 2.08. The number of terminal acetylenes is 1. The molecule has 0 saturated carbocycles. The van der Waals surface area contributed by atoms with Crippen LogP contribution in [0.3, 0.4) is 0 Å². The van der Waals surface area contributed by atoms with Gasteiger partial charge in [-0.1, -0.05) is 6.07 Å². The number of benzene rings is 1. The Morgan fingerprint density at radius 2 is 2.19 bits per heavy atom. The molecule has 0 radical (unpaired) electrons. The molecule has 1 N–H and O–H groups in total. The minimum absolute atomic E-state index is 0.0504. The van der Waals surface area contributed by atoms with Crippen LogP contribution in [0.1, 0.15) is 24.0 Å². The molecule has 84 valence electrons. The maximum atomic E-state index is 11.5. The second-order valence-electron chi connectivity index (χ2n) is 3.69. The predicted octanol–water partition coefficient (Wildman–Crippen LogP) is 3.42. The number of hydrogen-bond acceptors (Lipinski definition) is 1. The van der Waals surface area contributed by atoms with Gasteiger partial charge in [-0.05, 0) is 47.0 Å². The zero-order valence-electron chi connectivity index (χ0n) is 9.43. The lowest BCUT2D eigenvalue weighted by Gasteiger charge is -2.11. The van der Waals surface area contributed by atoms with Crippen LogP contribution in [0, 0.1) is 26.2 Å². The quantitative estimate of drug-likeness (QED) is 0.844. The molecule has 1 amide bonds. The Morgan fingerprint density at radius 1 is 1.50 bits per heavy atom. The average Bonchev–Trinajstić information content (AvgIpc) is 2.20. The van der Waals surface area contributed by atoms with E-state index in [1.807, 2.05) is 26.0 Å². The Labute approximate surface area is 105 Å². The Bertz CT molecular complexity index is 423. The first-order chi connectivity index (χ1) is 7.54. The van der Waals surface area contributed by atoms with Gasteiger partial charge in [0, 0.05) is 17.3 Å². The molecule has 3 heteroatoms. The molecule has 1 aromatic carbocycles. The van der Waals surface area contributed by atoms with E-state index in [-0.39, 0.29) is 5.91 Å². The molecule has 0 aliphatic rings. The fraction of sp³-hybridized carbons (Fsp3) is 0.308. The van der Waals surface area contributed by atoms with Crippen LogP contribution in [0.25, 0.3) is 0 Å². The van der Waals surface area contributed by atoms with E-state index in [1.165, 1.54) is 0 Å². The fourth-order valence-corrected chi connectivity index (χ4v) is 2.23. The van der Waals surface area contributed by atoms with Crippen molar-refractivity contribution in [3.8, 4) is 12.3 Å². The van der Waals surface area contributed by atoms with Gasteiger partial charge in [0.1, 0.15) is 0 Å².